The largest absolute Gasteiger partial charge is 0.481 e. The van der Waals surface area contributed by atoms with Crippen molar-refractivity contribution >= 4 is 17.4 Å². The Morgan fingerprint density at radius 1 is 0.833 bits per heavy atom. The van der Waals surface area contributed by atoms with Gasteiger partial charge in [0.05, 0.1) is 6.04 Å². The molecule has 0 spiro atoms. The van der Waals surface area contributed by atoms with Crippen molar-refractivity contribution in [1.82, 2.24) is 10.2 Å². The number of carbonyl (C=O) groups is 2. The van der Waals surface area contributed by atoms with Gasteiger partial charge in [-0.2, -0.15) is 0 Å². The van der Waals surface area contributed by atoms with Crippen LogP contribution in [-0.4, -0.2) is 27.1 Å². The van der Waals surface area contributed by atoms with Crippen LogP contribution in [0.3, 0.4) is 0 Å². The normalized spacial score (nSPS) is 11.9. The highest BCUT2D eigenvalue weighted by Gasteiger charge is 2.17. The molecule has 0 saturated heterocycles. The van der Waals surface area contributed by atoms with Crippen molar-refractivity contribution in [1.29, 1.82) is 0 Å². The molecule has 0 aliphatic rings. The molecule has 1 heterocycles. The van der Waals surface area contributed by atoms with Crippen molar-refractivity contribution in [2.45, 2.75) is 39.2 Å². The standard InChI is InChI=1S/C29H29N3O4/c1-19(2)27(30-24-17-15-20(16-18-24)25(33)9-6-10-26(34)35)21-11-13-23(14-12-21)29-32-31-28(36-29)22-7-4-3-5-8-22/h3-5,7-8,11-19,27,30H,6,9-10H2,1-2H3,(H,34,35)/t27-/m0/s1. The molecular weight excluding hydrogens is 454 g/mol. The zero-order valence-electron chi connectivity index (χ0n) is 20.3. The fourth-order valence-corrected chi connectivity index (χ4v) is 3.98. The molecule has 7 heteroatoms. The molecule has 1 aromatic heterocycles. The number of ketones is 1. The van der Waals surface area contributed by atoms with Crippen LogP contribution in [0, 0.1) is 5.92 Å². The van der Waals surface area contributed by atoms with Gasteiger partial charge in [-0.25, -0.2) is 0 Å². The molecule has 2 N–H and O–H groups in total. The van der Waals surface area contributed by atoms with Crippen molar-refractivity contribution in [2.24, 2.45) is 5.92 Å². The molecule has 7 nitrogen and oxygen atoms in total. The summed E-state index contributed by atoms with van der Waals surface area (Å²) in [6.07, 6.45) is 0.574. The molecule has 0 amide bonds. The van der Waals surface area contributed by atoms with E-state index < -0.39 is 5.97 Å². The average Bonchev–Trinajstić information content (AvgIpc) is 3.38. The zero-order chi connectivity index (χ0) is 25.5. The number of carboxylic acids is 1. The van der Waals surface area contributed by atoms with Crippen molar-refractivity contribution in [2.75, 3.05) is 5.32 Å². The summed E-state index contributed by atoms with van der Waals surface area (Å²) in [4.78, 5) is 22.9. The quantitative estimate of drug-likeness (QED) is 0.230. The van der Waals surface area contributed by atoms with E-state index in [4.69, 9.17) is 9.52 Å². The van der Waals surface area contributed by atoms with Gasteiger partial charge in [-0.05, 0) is 66.4 Å². The Balaban J connectivity index is 1.43. The fourth-order valence-electron chi connectivity index (χ4n) is 3.98. The summed E-state index contributed by atoms with van der Waals surface area (Å²) in [7, 11) is 0. The number of Topliss-reactive ketones (excluding diaryl/α,β-unsaturated/α-hetero) is 1. The molecule has 4 rings (SSSR count). The third-order valence-corrected chi connectivity index (χ3v) is 5.95. The number of anilines is 1. The number of aliphatic carboxylic acids is 1. The van der Waals surface area contributed by atoms with E-state index in [1.807, 2.05) is 54.6 Å². The molecule has 0 radical (unpaired) electrons. The maximum Gasteiger partial charge on any atom is 0.303 e. The van der Waals surface area contributed by atoms with Crippen molar-refractivity contribution < 1.29 is 19.1 Å². The second-order valence-corrected chi connectivity index (χ2v) is 9.01. The van der Waals surface area contributed by atoms with Crippen LogP contribution >= 0.6 is 0 Å². The summed E-state index contributed by atoms with van der Waals surface area (Å²) < 4.78 is 5.87. The van der Waals surface area contributed by atoms with E-state index >= 15 is 0 Å². The molecular formula is C29H29N3O4. The molecule has 1 atom stereocenters. The summed E-state index contributed by atoms with van der Waals surface area (Å²) in [6.45, 7) is 4.30. The van der Waals surface area contributed by atoms with E-state index in [1.54, 1.807) is 12.1 Å². The summed E-state index contributed by atoms with van der Waals surface area (Å²) in [5.74, 6) is 0.332. The average molecular weight is 484 g/mol. The summed E-state index contributed by atoms with van der Waals surface area (Å²) in [5, 5.41) is 20.7. The molecule has 184 valence electrons. The van der Waals surface area contributed by atoms with Gasteiger partial charge in [0.15, 0.2) is 5.78 Å². The number of nitrogens with one attached hydrogen (secondary N) is 1. The lowest BCUT2D eigenvalue weighted by Gasteiger charge is -2.24. The van der Waals surface area contributed by atoms with E-state index in [9.17, 15) is 9.59 Å². The Kier molecular flexibility index (Phi) is 7.90. The van der Waals surface area contributed by atoms with E-state index in [2.05, 4.69) is 41.5 Å². The summed E-state index contributed by atoms with van der Waals surface area (Å²) >= 11 is 0. The zero-order valence-corrected chi connectivity index (χ0v) is 20.3. The Morgan fingerprint density at radius 2 is 1.44 bits per heavy atom. The summed E-state index contributed by atoms with van der Waals surface area (Å²) in [6, 6.07) is 25.1. The number of hydrogen-bond donors (Lipinski definition) is 2. The van der Waals surface area contributed by atoms with E-state index in [0.717, 1.165) is 22.4 Å². The molecule has 0 aliphatic heterocycles. The van der Waals surface area contributed by atoms with Gasteiger partial charge in [0.25, 0.3) is 0 Å². The van der Waals surface area contributed by atoms with Crippen molar-refractivity contribution in [3.63, 3.8) is 0 Å². The first-order valence-electron chi connectivity index (χ1n) is 12.0. The third kappa shape index (κ3) is 6.24. The first-order chi connectivity index (χ1) is 17.4. The highest BCUT2D eigenvalue weighted by atomic mass is 16.4. The minimum absolute atomic E-state index is 0.000915. The number of carbonyl (C=O) groups excluding carboxylic acids is 1. The second-order valence-electron chi connectivity index (χ2n) is 9.01. The molecule has 36 heavy (non-hydrogen) atoms. The van der Waals surface area contributed by atoms with Gasteiger partial charge in [-0.3, -0.25) is 9.59 Å². The van der Waals surface area contributed by atoms with Gasteiger partial charge in [0.2, 0.25) is 11.8 Å². The van der Waals surface area contributed by atoms with Crippen LogP contribution in [0.5, 0.6) is 0 Å². The smallest absolute Gasteiger partial charge is 0.303 e. The summed E-state index contributed by atoms with van der Waals surface area (Å²) in [5.41, 5.74) is 4.34. The topological polar surface area (TPSA) is 105 Å². The van der Waals surface area contributed by atoms with Crippen molar-refractivity contribution in [3.05, 3.63) is 90.0 Å². The second kappa shape index (κ2) is 11.4. The molecule has 0 bridgehead atoms. The monoisotopic (exact) mass is 483 g/mol. The number of carboxylic acid groups (broad SMARTS) is 1. The molecule has 0 aliphatic carbocycles. The lowest BCUT2D eigenvalue weighted by molar-refractivity contribution is -0.137. The van der Waals surface area contributed by atoms with Crippen molar-refractivity contribution in [3.8, 4) is 22.9 Å². The Labute approximate surface area is 210 Å². The third-order valence-electron chi connectivity index (χ3n) is 5.95. The van der Waals surface area contributed by atoms with Gasteiger partial charge in [0.1, 0.15) is 0 Å². The first kappa shape index (κ1) is 24.9. The number of hydrogen-bond acceptors (Lipinski definition) is 6. The maximum absolute atomic E-state index is 12.3. The van der Waals surface area contributed by atoms with Crippen LogP contribution in [0.4, 0.5) is 5.69 Å². The highest BCUT2D eigenvalue weighted by Crippen LogP contribution is 2.30. The minimum atomic E-state index is -0.885. The first-order valence-corrected chi connectivity index (χ1v) is 12.0. The lowest BCUT2D eigenvalue weighted by atomic mass is 9.94. The van der Waals surface area contributed by atoms with Crippen LogP contribution in [0.15, 0.2) is 83.3 Å². The highest BCUT2D eigenvalue weighted by molar-refractivity contribution is 5.96. The molecule has 0 unspecified atom stereocenters. The van der Waals surface area contributed by atoms with Crippen LogP contribution < -0.4 is 5.32 Å². The molecule has 3 aromatic carbocycles. The van der Waals surface area contributed by atoms with Gasteiger partial charge in [-0.1, -0.05) is 44.2 Å². The van der Waals surface area contributed by atoms with Gasteiger partial charge in [0, 0.05) is 35.2 Å². The SMILES string of the molecule is CC(C)[C@H](Nc1ccc(C(=O)CCCC(=O)O)cc1)c1ccc(-c2nnc(-c3ccccc3)o2)cc1. The number of nitrogens with zero attached hydrogens (tertiary/aromatic N) is 2. The molecule has 0 fully saturated rings. The molecule has 0 saturated carbocycles. The predicted molar refractivity (Wildman–Crippen MR) is 139 cm³/mol. The van der Waals surface area contributed by atoms with E-state index in [0.29, 0.717) is 29.7 Å². The fraction of sp³-hybridized carbons (Fsp3) is 0.241. The van der Waals surface area contributed by atoms with Crippen LogP contribution in [0.2, 0.25) is 0 Å². The molecule has 4 aromatic rings. The van der Waals surface area contributed by atoms with Crippen LogP contribution in [0.25, 0.3) is 22.9 Å². The van der Waals surface area contributed by atoms with E-state index in [1.165, 1.54) is 0 Å². The Bertz CT molecular complexity index is 1300. The Morgan fingerprint density at radius 3 is 2.03 bits per heavy atom. The lowest BCUT2D eigenvalue weighted by Crippen LogP contribution is -2.16. The van der Waals surface area contributed by atoms with Crippen LogP contribution in [0.1, 0.15) is 55.1 Å². The number of rotatable bonds is 11. The maximum atomic E-state index is 12.3. The van der Waals surface area contributed by atoms with Crippen LogP contribution in [-0.2, 0) is 4.79 Å². The van der Waals surface area contributed by atoms with Gasteiger partial charge >= 0.3 is 5.97 Å². The Hall–Kier alpha value is -4.26. The van der Waals surface area contributed by atoms with Gasteiger partial charge in [-0.15, -0.1) is 10.2 Å². The van der Waals surface area contributed by atoms with E-state index in [-0.39, 0.29) is 24.7 Å². The van der Waals surface area contributed by atoms with Gasteiger partial charge < -0.3 is 14.8 Å². The predicted octanol–water partition coefficient (Wildman–Crippen LogP) is 6.65. The minimum Gasteiger partial charge on any atom is -0.481 e. The number of aromatic nitrogens is 2. The number of benzene rings is 3.